The van der Waals surface area contributed by atoms with Crippen LogP contribution in [0.1, 0.15) is 37.9 Å². The van der Waals surface area contributed by atoms with Gasteiger partial charge in [0.05, 0.1) is 6.61 Å². The smallest absolute Gasteiger partial charge is 0.205 e. The molecule has 96 valence electrons. The summed E-state index contributed by atoms with van der Waals surface area (Å²) < 4.78 is 9.44. The Morgan fingerprint density at radius 2 is 1.88 bits per heavy atom. The van der Waals surface area contributed by atoms with Gasteiger partial charge in [-0.1, -0.05) is 19.3 Å². The number of hydrogen-bond acceptors (Lipinski definition) is 5. The van der Waals surface area contributed by atoms with Crippen molar-refractivity contribution in [3.8, 4) is 0 Å². The molecule has 1 aromatic heterocycles. The SMILES string of the molecule is COCCc1nsc(N2CCCCCCC2)n1. The Hall–Kier alpha value is -0.680. The molecule has 0 atom stereocenters. The zero-order valence-electron chi connectivity index (χ0n) is 10.5. The average molecular weight is 255 g/mol. The lowest BCUT2D eigenvalue weighted by Gasteiger charge is -2.23. The Morgan fingerprint density at radius 1 is 1.18 bits per heavy atom. The molecule has 0 saturated carbocycles. The predicted molar refractivity (Wildman–Crippen MR) is 70.8 cm³/mol. The molecule has 1 aromatic rings. The number of anilines is 1. The monoisotopic (exact) mass is 255 g/mol. The second kappa shape index (κ2) is 6.91. The van der Waals surface area contributed by atoms with E-state index >= 15 is 0 Å². The van der Waals surface area contributed by atoms with Gasteiger partial charge in [0.2, 0.25) is 5.13 Å². The molecule has 0 aromatic carbocycles. The van der Waals surface area contributed by atoms with Crippen LogP contribution in [0.5, 0.6) is 0 Å². The fraction of sp³-hybridized carbons (Fsp3) is 0.833. The molecule has 0 bridgehead atoms. The molecule has 0 amide bonds. The predicted octanol–water partition coefficient (Wildman–Crippen LogP) is 2.50. The normalized spacial score (nSPS) is 17.8. The van der Waals surface area contributed by atoms with E-state index in [2.05, 4.69) is 14.3 Å². The molecule has 0 aliphatic carbocycles. The summed E-state index contributed by atoms with van der Waals surface area (Å²) >= 11 is 1.53. The minimum absolute atomic E-state index is 0.705. The summed E-state index contributed by atoms with van der Waals surface area (Å²) in [5.41, 5.74) is 0. The maximum Gasteiger partial charge on any atom is 0.205 e. The van der Waals surface area contributed by atoms with Gasteiger partial charge in [0.25, 0.3) is 0 Å². The highest BCUT2D eigenvalue weighted by atomic mass is 32.1. The largest absolute Gasteiger partial charge is 0.384 e. The van der Waals surface area contributed by atoms with Crippen molar-refractivity contribution >= 4 is 16.7 Å². The van der Waals surface area contributed by atoms with E-state index in [0.29, 0.717) is 6.61 Å². The van der Waals surface area contributed by atoms with Gasteiger partial charge in [-0.05, 0) is 12.8 Å². The standard InChI is InChI=1S/C12H21N3OS/c1-16-10-7-11-13-12(17-14-11)15-8-5-3-2-4-6-9-15/h2-10H2,1H3. The summed E-state index contributed by atoms with van der Waals surface area (Å²) in [7, 11) is 1.71. The van der Waals surface area contributed by atoms with Gasteiger partial charge in [0.15, 0.2) is 0 Å². The summed E-state index contributed by atoms with van der Waals surface area (Å²) in [6, 6.07) is 0. The Balaban J connectivity index is 1.92. The average Bonchev–Trinajstić information content (AvgIpc) is 2.74. The van der Waals surface area contributed by atoms with Crippen LogP contribution in [-0.2, 0) is 11.2 Å². The van der Waals surface area contributed by atoms with Gasteiger partial charge in [0, 0.05) is 38.2 Å². The van der Waals surface area contributed by atoms with Crippen molar-refractivity contribution in [3.05, 3.63) is 5.82 Å². The molecule has 17 heavy (non-hydrogen) atoms. The summed E-state index contributed by atoms with van der Waals surface area (Å²) in [6.45, 7) is 2.98. The van der Waals surface area contributed by atoms with Crippen LogP contribution in [0.3, 0.4) is 0 Å². The van der Waals surface area contributed by atoms with Crippen molar-refractivity contribution in [1.29, 1.82) is 0 Å². The van der Waals surface area contributed by atoms with Crippen molar-refractivity contribution in [3.63, 3.8) is 0 Å². The van der Waals surface area contributed by atoms with Gasteiger partial charge in [-0.2, -0.15) is 4.37 Å². The lowest BCUT2D eigenvalue weighted by atomic mass is 10.1. The van der Waals surface area contributed by atoms with E-state index in [-0.39, 0.29) is 0 Å². The number of aromatic nitrogens is 2. The number of rotatable bonds is 4. The molecule has 0 radical (unpaired) electrons. The van der Waals surface area contributed by atoms with Crippen LogP contribution in [0.2, 0.25) is 0 Å². The van der Waals surface area contributed by atoms with E-state index in [1.807, 2.05) is 0 Å². The molecule has 0 unspecified atom stereocenters. The van der Waals surface area contributed by atoms with Crippen LogP contribution in [-0.4, -0.2) is 36.2 Å². The van der Waals surface area contributed by atoms with E-state index in [0.717, 1.165) is 30.5 Å². The highest BCUT2D eigenvalue weighted by molar-refractivity contribution is 7.09. The summed E-state index contributed by atoms with van der Waals surface area (Å²) in [5, 5.41) is 1.10. The molecular formula is C12H21N3OS. The molecule has 4 nitrogen and oxygen atoms in total. The first-order valence-corrected chi connectivity index (χ1v) is 7.24. The second-order valence-corrected chi connectivity index (χ2v) is 5.22. The molecule has 1 aliphatic rings. The van der Waals surface area contributed by atoms with Gasteiger partial charge in [-0.15, -0.1) is 0 Å². The molecule has 5 heteroatoms. The van der Waals surface area contributed by atoms with Crippen LogP contribution in [0.15, 0.2) is 0 Å². The first-order valence-electron chi connectivity index (χ1n) is 6.46. The number of methoxy groups -OCH3 is 1. The van der Waals surface area contributed by atoms with Crippen molar-refractivity contribution in [2.24, 2.45) is 0 Å². The molecule has 2 heterocycles. The first-order chi connectivity index (χ1) is 8.40. The van der Waals surface area contributed by atoms with Crippen LogP contribution in [0.4, 0.5) is 5.13 Å². The Kier molecular flexibility index (Phi) is 5.19. The first kappa shape index (κ1) is 12.8. The third kappa shape index (κ3) is 3.92. The lowest BCUT2D eigenvalue weighted by Crippen LogP contribution is -2.26. The van der Waals surface area contributed by atoms with E-state index in [9.17, 15) is 0 Å². The minimum atomic E-state index is 0.705. The molecule has 2 rings (SSSR count). The third-order valence-electron chi connectivity index (χ3n) is 3.11. The number of ether oxygens (including phenoxy) is 1. The Labute approximate surface area is 107 Å². The molecule has 0 spiro atoms. The van der Waals surface area contributed by atoms with Crippen molar-refractivity contribution in [2.45, 2.75) is 38.5 Å². The van der Waals surface area contributed by atoms with E-state index in [4.69, 9.17) is 4.74 Å². The van der Waals surface area contributed by atoms with Crippen LogP contribution < -0.4 is 4.90 Å². The van der Waals surface area contributed by atoms with E-state index in [1.165, 1.54) is 43.6 Å². The number of hydrogen-bond donors (Lipinski definition) is 0. The fourth-order valence-corrected chi connectivity index (χ4v) is 2.87. The molecule has 1 aliphatic heterocycles. The quantitative estimate of drug-likeness (QED) is 0.828. The van der Waals surface area contributed by atoms with Crippen LogP contribution in [0.25, 0.3) is 0 Å². The Bertz CT molecular complexity index is 321. The van der Waals surface area contributed by atoms with Crippen molar-refractivity contribution in [2.75, 3.05) is 31.7 Å². The zero-order chi connectivity index (χ0) is 11.9. The van der Waals surface area contributed by atoms with Gasteiger partial charge in [-0.25, -0.2) is 4.98 Å². The summed E-state index contributed by atoms with van der Waals surface area (Å²) in [6.07, 6.45) is 7.49. The molecule has 1 fully saturated rings. The highest BCUT2D eigenvalue weighted by Crippen LogP contribution is 2.21. The van der Waals surface area contributed by atoms with Gasteiger partial charge in [-0.3, -0.25) is 0 Å². The molecule has 1 saturated heterocycles. The van der Waals surface area contributed by atoms with Crippen molar-refractivity contribution in [1.82, 2.24) is 9.36 Å². The fourth-order valence-electron chi connectivity index (χ4n) is 2.11. The maximum absolute atomic E-state index is 5.05. The number of nitrogens with zero attached hydrogens (tertiary/aromatic N) is 3. The maximum atomic E-state index is 5.05. The van der Waals surface area contributed by atoms with Gasteiger partial charge in [0.1, 0.15) is 5.82 Å². The van der Waals surface area contributed by atoms with Gasteiger partial charge < -0.3 is 9.64 Å². The lowest BCUT2D eigenvalue weighted by molar-refractivity contribution is 0.201. The van der Waals surface area contributed by atoms with Crippen molar-refractivity contribution < 1.29 is 4.74 Å². The molecule has 0 N–H and O–H groups in total. The molecular weight excluding hydrogens is 234 g/mol. The van der Waals surface area contributed by atoms with E-state index in [1.54, 1.807) is 7.11 Å². The van der Waals surface area contributed by atoms with E-state index < -0.39 is 0 Å². The van der Waals surface area contributed by atoms with Crippen LogP contribution in [0, 0.1) is 0 Å². The van der Waals surface area contributed by atoms with Gasteiger partial charge >= 0.3 is 0 Å². The summed E-state index contributed by atoms with van der Waals surface area (Å²) in [4.78, 5) is 6.99. The minimum Gasteiger partial charge on any atom is -0.384 e. The zero-order valence-corrected chi connectivity index (χ0v) is 11.3. The second-order valence-electron chi connectivity index (χ2n) is 4.49. The van der Waals surface area contributed by atoms with Crippen LogP contribution >= 0.6 is 11.5 Å². The third-order valence-corrected chi connectivity index (χ3v) is 3.93. The summed E-state index contributed by atoms with van der Waals surface area (Å²) in [5.74, 6) is 0.925. The topological polar surface area (TPSA) is 38.2 Å². The Morgan fingerprint density at radius 3 is 2.59 bits per heavy atom. The highest BCUT2D eigenvalue weighted by Gasteiger charge is 2.13.